The van der Waals surface area contributed by atoms with E-state index in [1.807, 2.05) is 6.92 Å². The lowest BCUT2D eigenvalue weighted by Gasteiger charge is -2.30. The van der Waals surface area contributed by atoms with Crippen LogP contribution >= 0.6 is 11.6 Å². The van der Waals surface area contributed by atoms with Gasteiger partial charge in [0.25, 0.3) is 0 Å². The van der Waals surface area contributed by atoms with E-state index in [1.165, 1.54) is 6.07 Å². The Balaban J connectivity index is 2.18. The van der Waals surface area contributed by atoms with E-state index in [9.17, 15) is 18.0 Å². The maximum atomic E-state index is 12.9. The Kier molecular flexibility index (Phi) is 8.88. The second kappa shape index (κ2) is 11.2. The molecule has 1 amide bonds. The number of carbonyl (C=O) groups excluding carboxylic acids is 2. The number of hydrogen-bond donors (Lipinski definition) is 1. The van der Waals surface area contributed by atoms with E-state index < -0.39 is 27.9 Å². The summed E-state index contributed by atoms with van der Waals surface area (Å²) in [5.41, 5.74) is 1.12. The van der Waals surface area contributed by atoms with Gasteiger partial charge in [-0.3, -0.25) is 9.10 Å². The molecule has 0 aliphatic carbocycles. The van der Waals surface area contributed by atoms with Crippen LogP contribution in [0.25, 0.3) is 0 Å². The second-order valence-electron chi connectivity index (χ2n) is 7.02. The number of sulfonamides is 1. The average molecular weight is 467 g/mol. The van der Waals surface area contributed by atoms with Gasteiger partial charge in [0.05, 0.1) is 24.1 Å². The highest BCUT2D eigenvalue weighted by Crippen LogP contribution is 2.26. The topological polar surface area (TPSA) is 92.8 Å². The van der Waals surface area contributed by atoms with E-state index in [-0.39, 0.29) is 6.42 Å². The molecule has 2 aromatic rings. The van der Waals surface area contributed by atoms with Gasteiger partial charge in [0.2, 0.25) is 15.9 Å². The van der Waals surface area contributed by atoms with E-state index in [0.29, 0.717) is 28.6 Å². The Hall–Kier alpha value is -2.58. The van der Waals surface area contributed by atoms with Crippen molar-refractivity contribution in [3.05, 3.63) is 59.1 Å². The molecular formula is C22H27ClN2O5S. The standard InChI is InChI=1S/C22H27ClN2O5S/c1-4-6-14-30-22(27)16-10-12-18(13-11-16)24-21(26)20(5-2)25(31(3,28)29)19-9-7-8-17(23)15-19/h7-13,15,20H,4-6,14H2,1-3H3,(H,24,26). The molecule has 0 bridgehead atoms. The summed E-state index contributed by atoms with van der Waals surface area (Å²) in [4.78, 5) is 24.9. The SMILES string of the molecule is CCCCOC(=O)c1ccc(NC(=O)C(CC)N(c2cccc(Cl)c2)S(C)(=O)=O)cc1. The van der Waals surface area contributed by atoms with Crippen molar-refractivity contribution in [3.8, 4) is 0 Å². The molecule has 1 atom stereocenters. The fraction of sp³-hybridized carbons (Fsp3) is 0.364. The smallest absolute Gasteiger partial charge is 0.338 e. The van der Waals surface area contributed by atoms with Crippen molar-refractivity contribution in [3.63, 3.8) is 0 Å². The third-order valence-electron chi connectivity index (χ3n) is 4.51. The van der Waals surface area contributed by atoms with Gasteiger partial charge in [0, 0.05) is 10.7 Å². The predicted octanol–water partition coefficient (Wildman–Crippen LogP) is 4.48. The van der Waals surface area contributed by atoms with Crippen LogP contribution in [0, 0.1) is 0 Å². The highest BCUT2D eigenvalue weighted by atomic mass is 35.5. The number of rotatable bonds is 10. The van der Waals surface area contributed by atoms with E-state index >= 15 is 0 Å². The summed E-state index contributed by atoms with van der Waals surface area (Å²) >= 11 is 6.02. The van der Waals surface area contributed by atoms with Gasteiger partial charge < -0.3 is 10.1 Å². The van der Waals surface area contributed by atoms with Crippen molar-refractivity contribution in [1.82, 2.24) is 0 Å². The van der Waals surface area contributed by atoms with Crippen molar-refractivity contribution >= 4 is 44.9 Å². The third kappa shape index (κ3) is 6.97. The number of nitrogens with zero attached hydrogens (tertiary/aromatic N) is 1. The highest BCUT2D eigenvalue weighted by Gasteiger charge is 2.31. The number of halogens is 1. The zero-order chi connectivity index (χ0) is 23.0. The number of nitrogens with one attached hydrogen (secondary N) is 1. The normalized spacial score (nSPS) is 12.1. The number of carbonyl (C=O) groups is 2. The largest absolute Gasteiger partial charge is 0.462 e. The van der Waals surface area contributed by atoms with E-state index in [4.69, 9.17) is 16.3 Å². The Morgan fingerprint density at radius 1 is 1.13 bits per heavy atom. The molecule has 0 radical (unpaired) electrons. The molecule has 1 N–H and O–H groups in total. The zero-order valence-corrected chi connectivity index (χ0v) is 19.4. The molecule has 0 aliphatic rings. The Morgan fingerprint density at radius 3 is 2.35 bits per heavy atom. The van der Waals surface area contributed by atoms with E-state index in [1.54, 1.807) is 49.4 Å². The number of amides is 1. The number of unbranched alkanes of at least 4 members (excludes halogenated alkanes) is 1. The molecule has 7 nitrogen and oxygen atoms in total. The molecular weight excluding hydrogens is 440 g/mol. The molecule has 0 aromatic heterocycles. The van der Waals surface area contributed by atoms with Crippen molar-refractivity contribution in [1.29, 1.82) is 0 Å². The van der Waals surface area contributed by atoms with Crippen LogP contribution in [0.4, 0.5) is 11.4 Å². The summed E-state index contributed by atoms with van der Waals surface area (Å²) in [6.45, 7) is 4.09. The Labute approximate surface area is 188 Å². The number of benzene rings is 2. The highest BCUT2D eigenvalue weighted by molar-refractivity contribution is 7.92. The molecule has 0 spiro atoms. The predicted molar refractivity (Wildman–Crippen MR) is 123 cm³/mol. The molecule has 0 saturated heterocycles. The summed E-state index contributed by atoms with van der Waals surface area (Å²) < 4.78 is 31.2. The minimum Gasteiger partial charge on any atom is -0.462 e. The molecule has 168 valence electrons. The molecule has 2 aromatic carbocycles. The third-order valence-corrected chi connectivity index (χ3v) is 5.93. The summed E-state index contributed by atoms with van der Waals surface area (Å²) in [5, 5.41) is 3.08. The molecule has 31 heavy (non-hydrogen) atoms. The maximum Gasteiger partial charge on any atom is 0.338 e. The van der Waals surface area contributed by atoms with Crippen LogP contribution in [0.2, 0.25) is 5.02 Å². The fourth-order valence-electron chi connectivity index (χ4n) is 2.98. The van der Waals surface area contributed by atoms with Gasteiger partial charge in [-0.05, 0) is 55.3 Å². The van der Waals surface area contributed by atoms with Gasteiger partial charge in [-0.2, -0.15) is 0 Å². The van der Waals surface area contributed by atoms with E-state index in [0.717, 1.165) is 23.4 Å². The summed E-state index contributed by atoms with van der Waals surface area (Å²) in [7, 11) is -3.76. The number of anilines is 2. The first kappa shape index (κ1) is 24.7. The Bertz CT molecular complexity index is 1010. The van der Waals surface area contributed by atoms with Crippen LogP contribution in [0.1, 0.15) is 43.5 Å². The number of ether oxygens (including phenoxy) is 1. The van der Waals surface area contributed by atoms with Crippen LogP contribution in [-0.4, -0.2) is 39.2 Å². The first-order valence-corrected chi connectivity index (χ1v) is 12.2. The van der Waals surface area contributed by atoms with Crippen LogP contribution < -0.4 is 9.62 Å². The number of hydrogen-bond acceptors (Lipinski definition) is 5. The second-order valence-corrected chi connectivity index (χ2v) is 9.31. The number of esters is 1. The first-order chi connectivity index (χ1) is 14.7. The van der Waals surface area contributed by atoms with Crippen LogP contribution in [0.5, 0.6) is 0 Å². The van der Waals surface area contributed by atoms with Crippen molar-refractivity contribution in [2.24, 2.45) is 0 Å². The van der Waals surface area contributed by atoms with Crippen molar-refractivity contribution in [2.75, 3.05) is 22.5 Å². The molecule has 0 fully saturated rings. The first-order valence-electron chi connectivity index (χ1n) is 10.00. The monoisotopic (exact) mass is 466 g/mol. The molecule has 9 heteroatoms. The van der Waals surface area contributed by atoms with Gasteiger partial charge >= 0.3 is 5.97 Å². The molecule has 1 unspecified atom stereocenters. The Morgan fingerprint density at radius 2 is 1.81 bits per heavy atom. The molecule has 0 heterocycles. The van der Waals surface area contributed by atoms with Crippen LogP contribution in [-0.2, 0) is 19.6 Å². The van der Waals surface area contributed by atoms with Gasteiger partial charge in [-0.15, -0.1) is 0 Å². The maximum absolute atomic E-state index is 12.9. The van der Waals surface area contributed by atoms with Gasteiger partial charge in [-0.25, -0.2) is 13.2 Å². The minimum atomic E-state index is -3.76. The summed E-state index contributed by atoms with van der Waals surface area (Å²) in [6, 6.07) is 11.6. The molecule has 2 rings (SSSR count). The average Bonchev–Trinajstić information content (AvgIpc) is 2.71. The summed E-state index contributed by atoms with van der Waals surface area (Å²) in [6.07, 6.45) is 3.01. The molecule has 0 saturated carbocycles. The van der Waals surface area contributed by atoms with Crippen LogP contribution in [0.15, 0.2) is 48.5 Å². The van der Waals surface area contributed by atoms with E-state index in [2.05, 4.69) is 5.32 Å². The quantitative estimate of drug-likeness (QED) is 0.411. The lowest BCUT2D eigenvalue weighted by Crippen LogP contribution is -2.47. The van der Waals surface area contributed by atoms with Gasteiger partial charge in [-0.1, -0.05) is 37.9 Å². The van der Waals surface area contributed by atoms with Gasteiger partial charge in [0.1, 0.15) is 6.04 Å². The lowest BCUT2D eigenvalue weighted by atomic mass is 10.1. The minimum absolute atomic E-state index is 0.243. The van der Waals surface area contributed by atoms with Crippen molar-refractivity contribution in [2.45, 2.75) is 39.2 Å². The van der Waals surface area contributed by atoms with Crippen molar-refractivity contribution < 1.29 is 22.7 Å². The molecule has 0 aliphatic heterocycles. The van der Waals surface area contributed by atoms with Gasteiger partial charge in [0.15, 0.2) is 0 Å². The zero-order valence-electron chi connectivity index (χ0n) is 17.8. The van der Waals surface area contributed by atoms with Crippen LogP contribution in [0.3, 0.4) is 0 Å². The lowest BCUT2D eigenvalue weighted by molar-refractivity contribution is -0.117. The fourth-order valence-corrected chi connectivity index (χ4v) is 4.37. The summed E-state index contributed by atoms with van der Waals surface area (Å²) in [5.74, 6) is -0.923.